The number of carbonyl (C=O) groups is 1. The molecular weight excluding hydrogens is 228 g/mol. The van der Waals surface area contributed by atoms with Crippen molar-refractivity contribution in [1.82, 2.24) is 10.2 Å². The van der Waals surface area contributed by atoms with Gasteiger partial charge in [0.25, 0.3) is 0 Å². The largest absolute Gasteiger partial charge is 0.372 e. The highest BCUT2D eigenvalue weighted by atomic mass is 16.5. The van der Waals surface area contributed by atoms with Crippen LogP contribution in [-0.2, 0) is 9.53 Å². The van der Waals surface area contributed by atoms with Crippen LogP contribution in [0.1, 0.15) is 45.4 Å². The van der Waals surface area contributed by atoms with Crippen molar-refractivity contribution < 1.29 is 9.53 Å². The van der Waals surface area contributed by atoms with E-state index in [1.54, 1.807) is 0 Å². The molecule has 1 fully saturated rings. The predicted octanol–water partition coefficient (Wildman–Crippen LogP) is 1.80. The van der Waals surface area contributed by atoms with Gasteiger partial charge in [-0.05, 0) is 19.4 Å². The van der Waals surface area contributed by atoms with Crippen LogP contribution in [0.4, 0.5) is 0 Å². The lowest BCUT2D eigenvalue weighted by molar-refractivity contribution is -0.136. The quantitative estimate of drug-likeness (QED) is 0.673. The highest BCUT2D eigenvalue weighted by Crippen LogP contribution is 2.03. The van der Waals surface area contributed by atoms with Gasteiger partial charge in [-0.3, -0.25) is 4.79 Å². The number of nitrogens with one attached hydrogen (secondary N) is 1. The number of nitrogens with zero attached hydrogens (tertiary/aromatic N) is 1. The highest BCUT2D eigenvalue weighted by molar-refractivity contribution is 5.77. The summed E-state index contributed by atoms with van der Waals surface area (Å²) >= 11 is 0. The van der Waals surface area contributed by atoms with E-state index in [2.05, 4.69) is 12.2 Å². The fourth-order valence-electron chi connectivity index (χ4n) is 2.15. The van der Waals surface area contributed by atoms with Crippen molar-refractivity contribution in [3.05, 3.63) is 0 Å². The van der Waals surface area contributed by atoms with Crippen molar-refractivity contribution in [2.75, 3.05) is 39.4 Å². The fraction of sp³-hybridized carbons (Fsp3) is 0.929. The van der Waals surface area contributed by atoms with Crippen molar-refractivity contribution >= 4 is 5.91 Å². The SMILES string of the molecule is CCCCCCCOCC(=O)N1CCCNCC1. The molecule has 1 aliphatic rings. The van der Waals surface area contributed by atoms with E-state index in [1.165, 1.54) is 25.7 Å². The van der Waals surface area contributed by atoms with Crippen molar-refractivity contribution in [2.45, 2.75) is 45.4 Å². The van der Waals surface area contributed by atoms with Crippen molar-refractivity contribution in [2.24, 2.45) is 0 Å². The van der Waals surface area contributed by atoms with Gasteiger partial charge in [0, 0.05) is 26.2 Å². The van der Waals surface area contributed by atoms with Gasteiger partial charge in [0.05, 0.1) is 0 Å². The van der Waals surface area contributed by atoms with Gasteiger partial charge < -0.3 is 15.0 Å². The molecule has 0 atom stereocenters. The van der Waals surface area contributed by atoms with Crippen LogP contribution in [0, 0.1) is 0 Å². The molecule has 0 spiro atoms. The molecular formula is C14H28N2O2. The van der Waals surface area contributed by atoms with Gasteiger partial charge in [-0.2, -0.15) is 0 Å². The average molecular weight is 256 g/mol. The summed E-state index contributed by atoms with van der Waals surface area (Å²) in [5.41, 5.74) is 0. The maximum Gasteiger partial charge on any atom is 0.248 e. The Labute approximate surface area is 111 Å². The molecule has 1 amide bonds. The summed E-state index contributed by atoms with van der Waals surface area (Å²) in [4.78, 5) is 13.8. The minimum absolute atomic E-state index is 0.146. The molecule has 0 saturated carbocycles. The molecule has 1 heterocycles. The summed E-state index contributed by atoms with van der Waals surface area (Å²) < 4.78 is 5.46. The minimum atomic E-state index is 0.146. The molecule has 1 aliphatic heterocycles. The molecule has 106 valence electrons. The summed E-state index contributed by atoms with van der Waals surface area (Å²) in [6.07, 6.45) is 7.20. The molecule has 1 N–H and O–H groups in total. The zero-order chi connectivity index (χ0) is 13.1. The fourth-order valence-corrected chi connectivity index (χ4v) is 2.15. The Morgan fingerprint density at radius 1 is 1.17 bits per heavy atom. The molecule has 0 aliphatic carbocycles. The van der Waals surface area contributed by atoms with Crippen molar-refractivity contribution in [1.29, 1.82) is 0 Å². The zero-order valence-corrected chi connectivity index (χ0v) is 11.7. The maximum absolute atomic E-state index is 11.9. The van der Waals surface area contributed by atoms with Crippen LogP contribution < -0.4 is 5.32 Å². The number of amides is 1. The third kappa shape index (κ3) is 6.97. The molecule has 0 radical (unpaired) electrons. The van der Waals surface area contributed by atoms with Gasteiger partial charge in [0.1, 0.15) is 6.61 Å². The van der Waals surface area contributed by atoms with Crippen LogP contribution in [0.3, 0.4) is 0 Å². The van der Waals surface area contributed by atoms with Crippen molar-refractivity contribution in [3.63, 3.8) is 0 Å². The van der Waals surface area contributed by atoms with Crippen LogP contribution in [0.15, 0.2) is 0 Å². The molecule has 0 aromatic rings. The van der Waals surface area contributed by atoms with Gasteiger partial charge in [0.2, 0.25) is 5.91 Å². The number of unbranched alkanes of at least 4 members (excludes halogenated alkanes) is 4. The molecule has 18 heavy (non-hydrogen) atoms. The number of rotatable bonds is 8. The molecule has 0 aromatic carbocycles. The van der Waals surface area contributed by atoms with Crippen LogP contribution in [0.2, 0.25) is 0 Å². The van der Waals surface area contributed by atoms with Crippen LogP contribution in [0.5, 0.6) is 0 Å². The van der Waals surface area contributed by atoms with Gasteiger partial charge in [-0.15, -0.1) is 0 Å². The second kappa shape index (κ2) is 10.3. The Morgan fingerprint density at radius 3 is 2.83 bits per heavy atom. The van der Waals surface area contributed by atoms with E-state index in [4.69, 9.17) is 4.74 Å². The molecule has 4 heteroatoms. The average Bonchev–Trinajstić information content (AvgIpc) is 2.66. The summed E-state index contributed by atoms with van der Waals surface area (Å²) in [6, 6.07) is 0. The van der Waals surface area contributed by atoms with Crippen LogP contribution >= 0.6 is 0 Å². The Kier molecular flexibility index (Phi) is 8.86. The second-order valence-corrected chi connectivity index (χ2v) is 4.95. The summed E-state index contributed by atoms with van der Waals surface area (Å²) in [5, 5.41) is 3.29. The minimum Gasteiger partial charge on any atom is -0.372 e. The smallest absolute Gasteiger partial charge is 0.248 e. The summed E-state index contributed by atoms with van der Waals surface area (Å²) in [6.45, 7) is 6.80. The first kappa shape index (κ1) is 15.4. The van der Waals surface area contributed by atoms with Crippen LogP contribution in [-0.4, -0.2) is 50.2 Å². The topological polar surface area (TPSA) is 41.6 Å². The van der Waals surface area contributed by atoms with Gasteiger partial charge in [0.15, 0.2) is 0 Å². The Balaban J connectivity index is 1.98. The monoisotopic (exact) mass is 256 g/mol. The summed E-state index contributed by atoms with van der Waals surface area (Å²) in [7, 11) is 0. The molecule has 0 aromatic heterocycles. The number of ether oxygens (including phenoxy) is 1. The van der Waals surface area contributed by atoms with E-state index in [0.29, 0.717) is 0 Å². The van der Waals surface area contributed by atoms with Crippen molar-refractivity contribution in [3.8, 4) is 0 Å². The number of hydrogen-bond donors (Lipinski definition) is 1. The van der Waals surface area contributed by atoms with E-state index in [9.17, 15) is 4.79 Å². The Bertz CT molecular complexity index is 214. The molecule has 0 bridgehead atoms. The zero-order valence-electron chi connectivity index (χ0n) is 11.7. The van der Waals surface area contributed by atoms with Gasteiger partial charge >= 0.3 is 0 Å². The standard InChI is InChI=1S/C14H28N2O2/c1-2-3-4-5-6-12-18-13-14(17)16-10-7-8-15-9-11-16/h15H,2-13H2,1H3. The molecule has 1 rings (SSSR count). The van der Waals surface area contributed by atoms with E-state index < -0.39 is 0 Å². The number of carbonyl (C=O) groups excluding carboxylic acids is 1. The second-order valence-electron chi connectivity index (χ2n) is 4.95. The Morgan fingerprint density at radius 2 is 2.00 bits per heavy atom. The normalized spacial score (nSPS) is 16.6. The third-order valence-corrected chi connectivity index (χ3v) is 3.31. The molecule has 1 saturated heterocycles. The lowest BCUT2D eigenvalue weighted by atomic mass is 10.2. The summed E-state index contributed by atoms with van der Waals surface area (Å²) in [5.74, 6) is 0.146. The third-order valence-electron chi connectivity index (χ3n) is 3.31. The van der Waals surface area contributed by atoms with E-state index in [-0.39, 0.29) is 12.5 Å². The van der Waals surface area contributed by atoms with E-state index in [0.717, 1.165) is 45.6 Å². The van der Waals surface area contributed by atoms with Gasteiger partial charge in [-0.25, -0.2) is 0 Å². The van der Waals surface area contributed by atoms with E-state index in [1.807, 2.05) is 4.90 Å². The lowest BCUT2D eigenvalue weighted by Crippen LogP contribution is -2.36. The van der Waals surface area contributed by atoms with Gasteiger partial charge in [-0.1, -0.05) is 32.6 Å². The molecule has 4 nitrogen and oxygen atoms in total. The number of hydrogen-bond acceptors (Lipinski definition) is 3. The van der Waals surface area contributed by atoms with E-state index >= 15 is 0 Å². The highest BCUT2D eigenvalue weighted by Gasteiger charge is 2.14. The predicted molar refractivity (Wildman–Crippen MR) is 73.6 cm³/mol. The Hall–Kier alpha value is -0.610. The maximum atomic E-state index is 11.9. The van der Waals surface area contributed by atoms with Crippen LogP contribution in [0.25, 0.3) is 0 Å². The first-order valence-corrected chi connectivity index (χ1v) is 7.41. The molecule has 0 unspecified atom stereocenters. The first-order chi connectivity index (χ1) is 8.84. The first-order valence-electron chi connectivity index (χ1n) is 7.41. The lowest BCUT2D eigenvalue weighted by Gasteiger charge is -2.19.